The Morgan fingerprint density at radius 2 is 2.31 bits per heavy atom. The summed E-state index contributed by atoms with van der Waals surface area (Å²) in [6, 6.07) is 2.97. The first kappa shape index (κ1) is 7.91. The number of ether oxygens (including phenoxy) is 2. The molecule has 13 heavy (non-hydrogen) atoms. The van der Waals surface area contributed by atoms with Crippen molar-refractivity contribution in [3.8, 4) is 17.2 Å². The van der Waals surface area contributed by atoms with Crippen LogP contribution >= 0.6 is 0 Å². The van der Waals surface area contributed by atoms with E-state index in [1.165, 1.54) is 13.2 Å². The van der Waals surface area contributed by atoms with Gasteiger partial charge in [0.15, 0.2) is 18.1 Å². The van der Waals surface area contributed by atoms with Crippen LogP contribution in [0.2, 0.25) is 0 Å². The molecule has 1 N–H and O–H groups in total. The Labute approximate surface area is 74.7 Å². The Hall–Kier alpha value is -1.71. The molecule has 1 aliphatic heterocycles. The highest BCUT2D eigenvalue weighted by atomic mass is 16.5. The number of Topliss-reactive ketones (excluding diaryl/α,β-unsaturated/α-hetero) is 1. The highest BCUT2D eigenvalue weighted by molar-refractivity contribution is 6.03. The van der Waals surface area contributed by atoms with Gasteiger partial charge in [-0.05, 0) is 6.07 Å². The fourth-order valence-corrected chi connectivity index (χ4v) is 1.28. The molecule has 0 fully saturated rings. The number of fused-ring (bicyclic) bond motifs is 1. The van der Waals surface area contributed by atoms with Gasteiger partial charge in [0.1, 0.15) is 5.75 Å². The standard InChI is InChI=1S/C9H8O4/c1-12-5-2-6-8(11)4-13-9(6)7(10)3-5/h2-3,10H,4H2,1H3. The van der Waals surface area contributed by atoms with Gasteiger partial charge in [0, 0.05) is 6.07 Å². The van der Waals surface area contributed by atoms with Crippen molar-refractivity contribution in [2.45, 2.75) is 0 Å². The Kier molecular flexibility index (Phi) is 1.62. The number of phenolic OH excluding ortho intramolecular Hbond substituents is 1. The number of aromatic hydroxyl groups is 1. The predicted molar refractivity (Wildman–Crippen MR) is 44.5 cm³/mol. The van der Waals surface area contributed by atoms with Crippen LogP contribution in [0.3, 0.4) is 0 Å². The fraction of sp³-hybridized carbons (Fsp3) is 0.222. The van der Waals surface area contributed by atoms with E-state index in [1.807, 2.05) is 0 Å². The molecule has 0 aromatic heterocycles. The summed E-state index contributed by atoms with van der Waals surface area (Å²) in [5.74, 6) is 0.519. The van der Waals surface area contributed by atoms with Crippen molar-refractivity contribution in [3.05, 3.63) is 17.7 Å². The van der Waals surface area contributed by atoms with Crippen LogP contribution in [0.15, 0.2) is 12.1 Å². The minimum Gasteiger partial charge on any atom is -0.504 e. The summed E-state index contributed by atoms with van der Waals surface area (Å²) < 4.78 is 9.89. The quantitative estimate of drug-likeness (QED) is 0.699. The number of carbonyl (C=O) groups excluding carboxylic acids is 1. The lowest BCUT2D eigenvalue weighted by Crippen LogP contribution is -1.98. The minimum atomic E-state index is -0.135. The first-order chi connectivity index (χ1) is 6.22. The maximum absolute atomic E-state index is 11.2. The minimum absolute atomic E-state index is 0.00391. The first-order valence-electron chi connectivity index (χ1n) is 3.79. The number of hydrogen-bond acceptors (Lipinski definition) is 4. The molecular weight excluding hydrogens is 172 g/mol. The van der Waals surface area contributed by atoms with Crippen LogP contribution in [0.25, 0.3) is 0 Å². The van der Waals surface area contributed by atoms with Crippen molar-refractivity contribution >= 4 is 5.78 Å². The van der Waals surface area contributed by atoms with E-state index >= 15 is 0 Å². The summed E-state index contributed by atoms with van der Waals surface area (Å²) >= 11 is 0. The van der Waals surface area contributed by atoms with Crippen LogP contribution in [-0.2, 0) is 0 Å². The molecule has 0 aliphatic carbocycles. The lowest BCUT2D eigenvalue weighted by atomic mass is 10.1. The molecule has 4 heteroatoms. The van der Waals surface area contributed by atoms with Crippen LogP contribution in [0.1, 0.15) is 10.4 Å². The molecular formula is C9H8O4. The molecule has 2 rings (SSSR count). The van der Waals surface area contributed by atoms with Crippen molar-refractivity contribution in [1.29, 1.82) is 0 Å². The van der Waals surface area contributed by atoms with Gasteiger partial charge < -0.3 is 14.6 Å². The van der Waals surface area contributed by atoms with E-state index in [9.17, 15) is 9.90 Å². The van der Waals surface area contributed by atoms with Crippen LogP contribution < -0.4 is 9.47 Å². The molecule has 0 atom stereocenters. The van der Waals surface area contributed by atoms with Crippen LogP contribution in [-0.4, -0.2) is 24.6 Å². The third-order valence-corrected chi connectivity index (χ3v) is 1.93. The van der Waals surface area contributed by atoms with Gasteiger partial charge in [-0.15, -0.1) is 0 Å². The van der Waals surface area contributed by atoms with Gasteiger partial charge in [-0.2, -0.15) is 0 Å². The van der Waals surface area contributed by atoms with E-state index in [-0.39, 0.29) is 23.9 Å². The summed E-state index contributed by atoms with van der Waals surface area (Å²) in [5.41, 5.74) is 0.386. The van der Waals surface area contributed by atoms with Gasteiger partial charge in [0.2, 0.25) is 5.78 Å². The fourth-order valence-electron chi connectivity index (χ4n) is 1.28. The number of carbonyl (C=O) groups is 1. The predicted octanol–water partition coefficient (Wildman–Crippen LogP) is 0.976. The molecule has 1 aromatic carbocycles. The van der Waals surface area contributed by atoms with Crippen molar-refractivity contribution in [2.75, 3.05) is 13.7 Å². The average Bonchev–Trinajstić information content (AvgIpc) is 2.48. The van der Waals surface area contributed by atoms with Gasteiger partial charge >= 0.3 is 0 Å². The smallest absolute Gasteiger partial charge is 0.204 e. The zero-order valence-corrected chi connectivity index (χ0v) is 7.03. The largest absolute Gasteiger partial charge is 0.504 e. The number of phenols is 1. The van der Waals surface area contributed by atoms with Crippen molar-refractivity contribution in [1.82, 2.24) is 0 Å². The SMILES string of the molecule is COc1cc(O)c2c(c1)C(=O)CO2. The third-order valence-electron chi connectivity index (χ3n) is 1.93. The molecule has 0 saturated heterocycles. The Morgan fingerprint density at radius 1 is 1.54 bits per heavy atom. The maximum atomic E-state index is 11.2. The second-order valence-corrected chi connectivity index (χ2v) is 2.74. The van der Waals surface area contributed by atoms with E-state index in [0.717, 1.165) is 0 Å². The van der Waals surface area contributed by atoms with E-state index in [4.69, 9.17) is 9.47 Å². The molecule has 0 saturated carbocycles. The first-order valence-corrected chi connectivity index (χ1v) is 3.79. The van der Waals surface area contributed by atoms with E-state index < -0.39 is 0 Å². The van der Waals surface area contributed by atoms with Gasteiger partial charge in [-0.3, -0.25) is 4.79 Å². The van der Waals surface area contributed by atoms with Crippen LogP contribution in [0, 0.1) is 0 Å². The van der Waals surface area contributed by atoms with Gasteiger partial charge in [-0.1, -0.05) is 0 Å². The molecule has 0 unspecified atom stereocenters. The van der Waals surface area contributed by atoms with Gasteiger partial charge in [-0.25, -0.2) is 0 Å². The number of benzene rings is 1. The Balaban J connectivity index is 2.60. The monoisotopic (exact) mass is 180 g/mol. The third kappa shape index (κ3) is 1.11. The summed E-state index contributed by atoms with van der Waals surface area (Å²) in [7, 11) is 1.47. The summed E-state index contributed by atoms with van der Waals surface area (Å²) in [6.07, 6.45) is 0. The maximum Gasteiger partial charge on any atom is 0.204 e. The van der Waals surface area contributed by atoms with Gasteiger partial charge in [0.05, 0.1) is 12.7 Å². The lowest BCUT2D eigenvalue weighted by molar-refractivity contribution is 0.0960. The molecule has 0 bridgehead atoms. The summed E-state index contributed by atoms with van der Waals surface area (Å²) in [5, 5.41) is 9.40. The molecule has 0 amide bonds. The number of rotatable bonds is 1. The number of hydrogen-bond donors (Lipinski definition) is 1. The zero-order valence-electron chi connectivity index (χ0n) is 7.03. The van der Waals surface area contributed by atoms with Crippen LogP contribution in [0.5, 0.6) is 17.2 Å². The zero-order chi connectivity index (χ0) is 9.42. The number of ketones is 1. The summed E-state index contributed by atoms with van der Waals surface area (Å²) in [6.45, 7) is -0.00391. The van der Waals surface area contributed by atoms with Crippen molar-refractivity contribution in [2.24, 2.45) is 0 Å². The average molecular weight is 180 g/mol. The summed E-state index contributed by atoms with van der Waals surface area (Å²) in [4.78, 5) is 11.2. The molecule has 1 aromatic rings. The van der Waals surface area contributed by atoms with Gasteiger partial charge in [0.25, 0.3) is 0 Å². The molecule has 1 aliphatic rings. The van der Waals surface area contributed by atoms with Crippen molar-refractivity contribution in [3.63, 3.8) is 0 Å². The molecule has 0 spiro atoms. The second-order valence-electron chi connectivity index (χ2n) is 2.74. The van der Waals surface area contributed by atoms with E-state index in [2.05, 4.69) is 0 Å². The molecule has 0 radical (unpaired) electrons. The molecule has 1 heterocycles. The topological polar surface area (TPSA) is 55.8 Å². The highest BCUT2D eigenvalue weighted by Gasteiger charge is 2.25. The lowest BCUT2D eigenvalue weighted by Gasteiger charge is -2.04. The molecule has 68 valence electrons. The van der Waals surface area contributed by atoms with Crippen LogP contribution in [0.4, 0.5) is 0 Å². The Morgan fingerprint density at radius 3 is 3.00 bits per heavy atom. The van der Waals surface area contributed by atoms with Crippen molar-refractivity contribution < 1.29 is 19.4 Å². The normalized spacial score (nSPS) is 13.8. The Bertz CT molecular complexity index is 370. The van der Waals surface area contributed by atoms with E-state index in [1.54, 1.807) is 6.07 Å². The second kappa shape index (κ2) is 2.65. The molecule has 4 nitrogen and oxygen atoms in total. The highest BCUT2D eigenvalue weighted by Crippen LogP contribution is 2.38. The number of methoxy groups -OCH3 is 1. The van der Waals surface area contributed by atoms with E-state index in [0.29, 0.717) is 11.3 Å².